The van der Waals surface area contributed by atoms with E-state index in [1.165, 1.54) is 11.3 Å². The van der Waals surface area contributed by atoms with E-state index in [1.807, 2.05) is 16.8 Å². The monoisotopic (exact) mass is 307 g/mol. The number of nitrogens with zero attached hydrogens (tertiary/aromatic N) is 2. The van der Waals surface area contributed by atoms with Crippen LogP contribution in [0, 0.1) is 5.92 Å². The van der Waals surface area contributed by atoms with Gasteiger partial charge >= 0.3 is 0 Å². The molecule has 0 aliphatic carbocycles. The average molecular weight is 307 g/mol. The van der Waals surface area contributed by atoms with Crippen LogP contribution in [0.2, 0.25) is 0 Å². The van der Waals surface area contributed by atoms with Gasteiger partial charge in [0.25, 0.3) is 5.91 Å². The molecule has 0 radical (unpaired) electrons. The number of hydrogen-bond donors (Lipinski definition) is 1. The molecule has 1 atom stereocenters. The van der Waals surface area contributed by atoms with Crippen molar-refractivity contribution in [3.8, 4) is 10.6 Å². The van der Waals surface area contributed by atoms with Crippen LogP contribution in [0.5, 0.6) is 0 Å². The van der Waals surface area contributed by atoms with Crippen molar-refractivity contribution in [2.45, 2.75) is 6.42 Å². The van der Waals surface area contributed by atoms with Crippen molar-refractivity contribution in [2.75, 3.05) is 13.1 Å². The minimum Gasteiger partial charge on any atom is -0.369 e. The molecular weight excluding hydrogens is 294 g/mol. The third-order valence-corrected chi connectivity index (χ3v) is 4.94. The maximum Gasteiger partial charge on any atom is 0.273 e. The lowest BCUT2D eigenvalue weighted by atomic mass is 10.1. The van der Waals surface area contributed by atoms with Gasteiger partial charge in [0.2, 0.25) is 5.91 Å². The highest BCUT2D eigenvalue weighted by Gasteiger charge is 2.31. The number of carbonyl (C=O) groups excluding carboxylic acids is 2. The third-order valence-electron chi connectivity index (χ3n) is 3.37. The van der Waals surface area contributed by atoms with Gasteiger partial charge in [-0.25, -0.2) is 4.98 Å². The van der Waals surface area contributed by atoms with Crippen LogP contribution in [0.3, 0.4) is 0 Å². The van der Waals surface area contributed by atoms with Gasteiger partial charge in [-0.1, -0.05) is 0 Å². The SMILES string of the molecule is NC(=O)[C@H]1CCN(C(=O)c2csc(-c3ccsc3)n2)C1. The maximum absolute atomic E-state index is 12.3. The quantitative estimate of drug-likeness (QED) is 0.939. The highest BCUT2D eigenvalue weighted by Crippen LogP contribution is 2.27. The van der Waals surface area contributed by atoms with Gasteiger partial charge in [0.1, 0.15) is 10.7 Å². The molecule has 0 bridgehead atoms. The van der Waals surface area contributed by atoms with E-state index in [0.717, 1.165) is 10.6 Å². The number of amides is 2. The number of rotatable bonds is 3. The Morgan fingerprint density at radius 3 is 2.90 bits per heavy atom. The number of likely N-dealkylation sites (tertiary alicyclic amines) is 1. The minimum atomic E-state index is -0.336. The molecule has 2 N–H and O–H groups in total. The van der Waals surface area contributed by atoms with Crippen LogP contribution in [-0.2, 0) is 4.79 Å². The van der Waals surface area contributed by atoms with Crippen molar-refractivity contribution < 1.29 is 9.59 Å². The van der Waals surface area contributed by atoms with Crippen LogP contribution < -0.4 is 5.73 Å². The Kier molecular flexibility index (Phi) is 3.54. The molecule has 1 aliphatic heterocycles. The molecule has 7 heteroatoms. The van der Waals surface area contributed by atoms with Gasteiger partial charge in [0.15, 0.2) is 0 Å². The summed E-state index contributed by atoms with van der Waals surface area (Å²) < 4.78 is 0. The Bertz CT molecular complexity index is 636. The first kappa shape index (κ1) is 13.3. The molecule has 1 aliphatic rings. The standard InChI is InChI=1S/C13H13N3O2S2/c14-11(17)8-1-3-16(5-8)13(18)10-7-20-12(15-10)9-2-4-19-6-9/h2,4,6-8H,1,3,5H2,(H2,14,17)/t8-/m0/s1. The summed E-state index contributed by atoms with van der Waals surface area (Å²) in [6, 6.07) is 1.98. The predicted octanol–water partition coefficient (Wildman–Crippen LogP) is 1.82. The van der Waals surface area contributed by atoms with Crippen LogP contribution in [0.15, 0.2) is 22.2 Å². The molecule has 0 saturated carbocycles. The fraction of sp³-hybridized carbons (Fsp3) is 0.308. The van der Waals surface area contributed by atoms with Crippen molar-refractivity contribution in [2.24, 2.45) is 11.7 Å². The van der Waals surface area contributed by atoms with Crippen LogP contribution in [0.25, 0.3) is 10.6 Å². The molecule has 0 aromatic carbocycles. The molecule has 2 aromatic rings. The van der Waals surface area contributed by atoms with Gasteiger partial charge in [0, 0.05) is 29.4 Å². The summed E-state index contributed by atoms with van der Waals surface area (Å²) in [7, 11) is 0. The largest absolute Gasteiger partial charge is 0.369 e. The molecule has 3 heterocycles. The van der Waals surface area contributed by atoms with E-state index in [-0.39, 0.29) is 17.7 Å². The minimum absolute atomic E-state index is 0.119. The van der Waals surface area contributed by atoms with Crippen LogP contribution in [0.4, 0.5) is 0 Å². The van der Waals surface area contributed by atoms with Gasteiger partial charge < -0.3 is 10.6 Å². The van der Waals surface area contributed by atoms with Crippen LogP contribution in [-0.4, -0.2) is 34.8 Å². The second-order valence-electron chi connectivity index (χ2n) is 4.69. The Hall–Kier alpha value is -1.73. The van der Waals surface area contributed by atoms with Gasteiger partial charge in [-0.15, -0.1) is 11.3 Å². The smallest absolute Gasteiger partial charge is 0.273 e. The van der Waals surface area contributed by atoms with Gasteiger partial charge in [-0.05, 0) is 17.9 Å². The molecule has 2 aromatic heterocycles. The molecule has 0 spiro atoms. The van der Waals surface area contributed by atoms with E-state index < -0.39 is 0 Å². The summed E-state index contributed by atoms with van der Waals surface area (Å²) in [4.78, 5) is 29.5. The number of thiophene rings is 1. The topological polar surface area (TPSA) is 76.3 Å². The molecule has 1 fully saturated rings. The molecular formula is C13H13N3O2S2. The predicted molar refractivity (Wildman–Crippen MR) is 78.6 cm³/mol. The fourth-order valence-corrected chi connectivity index (χ4v) is 3.74. The number of aromatic nitrogens is 1. The Morgan fingerprint density at radius 1 is 1.40 bits per heavy atom. The summed E-state index contributed by atoms with van der Waals surface area (Å²) >= 11 is 3.06. The van der Waals surface area contributed by atoms with Crippen LogP contribution >= 0.6 is 22.7 Å². The van der Waals surface area contributed by atoms with Gasteiger partial charge in [0.05, 0.1) is 5.92 Å². The highest BCUT2D eigenvalue weighted by molar-refractivity contribution is 7.14. The zero-order chi connectivity index (χ0) is 14.1. The van der Waals surface area contributed by atoms with Gasteiger partial charge in [-0.3, -0.25) is 9.59 Å². The number of primary amides is 1. The first-order valence-electron chi connectivity index (χ1n) is 6.22. The van der Waals surface area contributed by atoms with E-state index in [0.29, 0.717) is 25.2 Å². The summed E-state index contributed by atoms with van der Waals surface area (Å²) in [5, 5.41) is 6.61. The number of carbonyl (C=O) groups is 2. The van der Waals surface area contributed by atoms with Crippen molar-refractivity contribution in [1.82, 2.24) is 9.88 Å². The third kappa shape index (κ3) is 2.46. The number of hydrogen-bond acceptors (Lipinski definition) is 5. The average Bonchev–Trinajstić information content (AvgIpc) is 3.17. The van der Waals surface area contributed by atoms with E-state index in [9.17, 15) is 9.59 Å². The zero-order valence-electron chi connectivity index (χ0n) is 10.6. The molecule has 104 valence electrons. The first-order chi connectivity index (χ1) is 9.65. The second-order valence-corrected chi connectivity index (χ2v) is 6.33. The summed E-state index contributed by atoms with van der Waals surface area (Å²) in [6.07, 6.45) is 0.641. The summed E-state index contributed by atoms with van der Waals surface area (Å²) in [5.74, 6) is -0.682. The molecule has 2 amide bonds. The Balaban J connectivity index is 1.74. The van der Waals surface area contributed by atoms with Crippen LogP contribution in [0.1, 0.15) is 16.9 Å². The van der Waals surface area contributed by atoms with Crippen molar-refractivity contribution in [3.05, 3.63) is 27.9 Å². The van der Waals surface area contributed by atoms with Crippen molar-refractivity contribution in [3.63, 3.8) is 0 Å². The first-order valence-corrected chi connectivity index (χ1v) is 8.04. The fourth-order valence-electron chi connectivity index (χ4n) is 2.23. The van der Waals surface area contributed by atoms with Crippen molar-refractivity contribution >= 4 is 34.5 Å². The second kappa shape index (κ2) is 5.34. The Labute approximate surface area is 124 Å². The normalized spacial score (nSPS) is 18.4. The molecule has 3 rings (SSSR count). The van der Waals surface area contributed by atoms with E-state index in [4.69, 9.17) is 5.73 Å². The highest BCUT2D eigenvalue weighted by atomic mass is 32.1. The van der Waals surface area contributed by atoms with Gasteiger partial charge in [-0.2, -0.15) is 11.3 Å². The lowest BCUT2D eigenvalue weighted by Crippen LogP contribution is -2.31. The van der Waals surface area contributed by atoms with E-state index in [2.05, 4.69) is 4.98 Å². The zero-order valence-corrected chi connectivity index (χ0v) is 12.2. The van der Waals surface area contributed by atoms with E-state index >= 15 is 0 Å². The summed E-state index contributed by atoms with van der Waals surface area (Å²) in [6.45, 7) is 0.969. The lowest BCUT2D eigenvalue weighted by Gasteiger charge is -2.13. The molecule has 20 heavy (non-hydrogen) atoms. The maximum atomic E-state index is 12.3. The molecule has 0 unspecified atom stereocenters. The van der Waals surface area contributed by atoms with Crippen molar-refractivity contribution in [1.29, 1.82) is 0 Å². The molecule has 1 saturated heterocycles. The number of nitrogens with two attached hydrogens (primary N) is 1. The number of thiazole rings is 1. The lowest BCUT2D eigenvalue weighted by molar-refractivity contribution is -0.121. The molecule has 5 nitrogen and oxygen atoms in total. The summed E-state index contributed by atoms with van der Waals surface area (Å²) in [5.41, 5.74) is 6.76. The van der Waals surface area contributed by atoms with E-state index in [1.54, 1.807) is 21.6 Å². The Morgan fingerprint density at radius 2 is 2.25 bits per heavy atom.